The fraction of sp³-hybridized carbons (Fsp3) is 0.667. The van der Waals surface area contributed by atoms with Gasteiger partial charge >= 0.3 is 0 Å². The van der Waals surface area contributed by atoms with E-state index in [-0.39, 0.29) is 5.04 Å². The molecule has 0 aliphatic carbocycles. The molecule has 142 valence electrons. The Kier molecular flexibility index (Phi) is 9.88. The van der Waals surface area contributed by atoms with Gasteiger partial charge in [-0.3, -0.25) is 0 Å². The van der Waals surface area contributed by atoms with Crippen LogP contribution in [0.25, 0.3) is 0 Å². The molecule has 0 aliphatic heterocycles. The first-order chi connectivity index (χ1) is 11.8. The molecule has 2 nitrogen and oxygen atoms in total. The van der Waals surface area contributed by atoms with Crippen LogP contribution < -0.4 is 0 Å². The fourth-order valence-electron chi connectivity index (χ4n) is 2.16. The monoisotopic (exact) mass is 379 g/mol. The number of thioether (sulfide) groups is 1. The Hall–Kier alpha value is -0.743. The van der Waals surface area contributed by atoms with Gasteiger partial charge in [-0.05, 0) is 60.9 Å². The summed E-state index contributed by atoms with van der Waals surface area (Å²) < 4.78 is 6.57. The SMILES string of the molecule is CCCCCCCC/C=C(/O[Si](C)(C)C(C)(C)C)Sc1ccccn1. The van der Waals surface area contributed by atoms with Gasteiger partial charge in [0, 0.05) is 6.20 Å². The van der Waals surface area contributed by atoms with Crippen molar-refractivity contribution in [3.8, 4) is 0 Å². The molecule has 1 rings (SSSR count). The van der Waals surface area contributed by atoms with Crippen molar-refractivity contribution in [1.29, 1.82) is 0 Å². The lowest BCUT2D eigenvalue weighted by molar-refractivity contribution is 0.415. The molecule has 0 bridgehead atoms. The van der Waals surface area contributed by atoms with Crippen LogP contribution in [0, 0.1) is 0 Å². The maximum atomic E-state index is 6.57. The van der Waals surface area contributed by atoms with Gasteiger partial charge in [-0.25, -0.2) is 4.98 Å². The third kappa shape index (κ3) is 8.95. The standard InChI is InChI=1S/C21H37NOSSi/c1-7-8-9-10-11-12-13-17-20(23-25(5,6)21(2,3)4)24-19-16-14-15-18-22-19/h14-18H,7-13H2,1-6H3/b20-17-. The lowest BCUT2D eigenvalue weighted by atomic mass is 10.1. The van der Waals surface area contributed by atoms with Crippen molar-refractivity contribution in [3.05, 3.63) is 35.6 Å². The Bertz CT molecular complexity index is 508. The molecule has 0 aromatic carbocycles. The molecule has 0 radical (unpaired) electrons. The van der Waals surface area contributed by atoms with E-state index in [2.05, 4.69) is 57.9 Å². The maximum absolute atomic E-state index is 6.57. The van der Waals surface area contributed by atoms with E-state index in [1.165, 1.54) is 38.5 Å². The van der Waals surface area contributed by atoms with Crippen LogP contribution in [-0.4, -0.2) is 13.3 Å². The Morgan fingerprint density at radius 1 is 1.12 bits per heavy atom. The fourth-order valence-corrected chi connectivity index (χ4v) is 4.52. The Morgan fingerprint density at radius 3 is 2.40 bits per heavy atom. The molecule has 0 amide bonds. The summed E-state index contributed by atoms with van der Waals surface area (Å²) >= 11 is 1.67. The van der Waals surface area contributed by atoms with Crippen molar-refractivity contribution >= 4 is 20.1 Å². The number of unbranched alkanes of at least 4 members (excludes halogenated alkanes) is 6. The number of nitrogens with zero attached hydrogens (tertiary/aromatic N) is 1. The summed E-state index contributed by atoms with van der Waals surface area (Å²) in [5.74, 6) is 0. The van der Waals surface area contributed by atoms with Crippen molar-refractivity contribution in [3.63, 3.8) is 0 Å². The second-order valence-corrected chi connectivity index (χ2v) is 14.0. The van der Waals surface area contributed by atoms with Crippen LogP contribution in [-0.2, 0) is 4.43 Å². The van der Waals surface area contributed by atoms with Gasteiger partial charge in [-0.15, -0.1) is 0 Å². The molecule has 4 heteroatoms. The molecule has 1 aromatic rings. The van der Waals surface area contributed by atoms with Crippen LogP contribution in [0.4, 0.5) is 0 Å². The summed E-state index contributed by atoms with van der Waals surface area (Å²) in [5.41, 5.74) is 0. The van der Waals surface area contributed by atoms with Crippen molar-refractivity contribution in [2.24, 2.45) is 0 Å². The first-order valence-corrected chi connectivity index (χ1v) is 13.5. The van der Waals surface area contributed by atoms with Crippen molar-refractivity contribution in [1.82, 2.24) is 4.98 Å². The van der Waals surface area contributed by atoms with Gasteiger partial charge < -0.3 is 4.43 Å². The summed E-state index contributed by atoms with van der Waals surface area (Å²) in [7, 11) is -1.82. The number of hydrogen-bond donors (Lipinski definition) is 0. The third-order valence-corrected chi connectivity index (χ3v) is 10.3. The molecule has 25 heavy (non-hydrogen) atoms. The average molecular weight is 380 g/mol. The van der Waals surface area contributed by atoms with Gasteiger partial charge in [0.2, 0.25) is 0 Å². The highest BCUT2D eigenvalue weighted by atomic mass is 32.2. The predicted molar refractivity (Wildman–Crippen MR) is 114 cm³/mol. The van der Waals surface area contributed by atoms with E-state index in [0.717, 1.165) is 16.5 Å². The van der Waals surface area contributed by atoms with Gasteiger partial charge in [0.15, 0.2) is 0 Å². The van der Waals surface area contributed by atoms with Crippen LogP contribution in [0.15, 0.2) is 40.6 Å². The molecule has 0 atom stereocenters. The molecule has 0 spiro atoms. The molecular formula is C21H37NOSSi. The minimum atomic E-state index is -1.82. The molecule has 1 aromatic heterocycles. The lowest BCUT2D eigenvalue weighted by Gasteiger charge is -2.37. The molecule has 0 aliphatic rings. The summed E-state index contributed by atoms with van der Waals surface area (Å²) in [6.45, 7) is 13.7. The number of hydrogen-bond acceptors (Lipinski definition) is 3. The van der Waals surface area contributed by atoms with Crippen molar-refractivity contribution < 1.29 is 4.43 Å². The predicted octanol–water partition coefficient (Wildman–Crippen LogP) is 7.79. The Balaban J connectivity index is 2.66. The van der Waals surface area contributed by atoms with Crippen LogP contribution >= 0.6 is 11.8 Å². The second kappa shape index (κ2) is 11.1. The Morgan fingerprint density at radius 2 is 1.80 bits per heavy atom. The highest BCUT2D eigenvalue weighted by molar-refractivity contribution is 8.02. The first kappa shape index (κ1) is 22.3. The molecule has 1 heterocycles. The van der Waals surface area contributed by atoms with Crippen LogP contribution in [0.1, 0.15) is 72.6 Å². The summed E-state index contributed by atoms with van der Waals surface area (Å²) in [6.07, 6.45) is 13.2. The maximum Gasteiger partial charge on any atom is 0.251 e. The largest absolute Gasteiger partial charge is 0.539 e. The van der Waals surface area contributed by atoms with Crippen molar-refractivity contribution in [2.45, 2.75) is 95.8 Å². The van der Waals surface area contributed by atoms with Gasteiger partial charge in [0.25, 0.3) is 8.32 Å². The molecule has 0 unspecified atom stereocenters. The van der Waals surface area contributed by atoms with E-state index in [0.29, 0.717) is 0 Å². The van der Waals surface area contributed by atoms with Gasteiger partial charge in [-0.1, -0.05) is 65.9 Å². The topological polar surface area (TPSA) is 22.1 Å². The number of pyridine rings is 1. The summed E-state index contributed by atoms with van der Waals surface area (Å²) in [4.78, 5) is 4.45. The van der Waals surface area contributed by atoms with Gasteiger partial charge in [-0.2, -0.15) is 0 Å². The molecular weight excluding hydrogens is 342 g/mol. The number of aromatic nitrogens is 1. The van der Waals surface area contributed by atoms with Gasteiger partial charge in [0.05, 0.1) is 0 Å². The minimum Gasteiger partial charge on any atom is -0.539 e. The number of allylic oxidation sites excluding steroid dienone is 1. The molecule has 0 N–H and O–H groups in total. The number of rotatable bonds is 11. The average Bonchev–Trinajstić information content (AvgIpc) is 2.53. The third-order valence-electron chi connectivity index (χ3n) is 4.87. The zero-order valence-corrected chi connectivity index (χ0v) is 18.9. The zero-order chi connectivity index (χ0) is 18.8. The minimum absolute atomic E-state index is 0.205. The van der Waals surface area contributed by atoms with E-state index in [4.69, 9.17) is 4.43 Å². The molecule has 0 fully saturated rings. The lowest BCUT2D eigenvalue weighted by Crippen LogP contribution is -2.40. The quantitative estimate of drug-likeness (QED) is 0.169. The van der Waals surface area contributed by atoms with Crippen molar-refractivity contribution in [2.75, 3.05) is 0 Å². The smallest absolute Gasteiger partial charge is 0.251 e. The van der Waals surface area contributed by atoms with E-state index < -0.39 is 8.32 Å². The van der Waals surface area contributed by atoms with Crippen LogP contribution in [0.5, 0.6) is 0 Å². The normalized spacial score (nSPS) is 13.1. The second-order valence-electron chi connectivity index (χ2n) is 8.21. The van der Waals surface area contributed by atoms with E-state index >= 15 is 0 Å². The molecule has 0 saturated carbocycles. The zero-order valence-electron chi connectivity index (χ0n) is 17.1. The summed E-state index contributed by atoms with van der Waals surface area (Å²) in [6, 6.07) is 6.05. The highest BCUT2D eigenvalue weighted by Crippen LogP contribution is 2.40. The van der Waals surface area contributed by atoms with E-state index in [1.54, 1.807) is 11.8 Å². The van der Waals surface area contributed by atoms with Gasteiger partial charge in [0.1, 0.15) is 10.1 Å². The molecule has 0 saturated heterocycles. The first-order valence-electron chi connectivity index (χ1n) is 9.74. The van der Waals surface area contributed by atoms with Crippen LogP contribution in [0.2, 0.25) is 18.1 Å². The van der Waals surface area contributed by atoms with E-state index in [9.17, 15) is 0 Å². The van der Waals surface area contributed by atoms with E-state index in [1.807, 2.05) is 18.3 Å². The highest BCUT2D eigenvalue weighted by Gasteiger charge is 2.39. The Labute approximate surface area is 161 Å². The van der Waals surface area contributed by atoms with Crippen LogP contribution in [0.3, 0.4) is 0 Å². The summed E-state index contributed by atoms with van der Waals surface area (Å²) in [5, 5.41) is 2.26.